The zero-order valence-electron chi connectivity index (χ0n) is 45.6. The predicted molar refractivity (Wildman–Crippen MR) is 315 cm³/mol. The van der Waals surface area contributed by atoms with Gasteiger partial charge < -0.3 is 28.4 Å². The van der Waals surface area contributed by atoms with Crippen molar-refractivity contribution in [3.63, 3.8) is 0 Å². The number of thiol groups is 3. The smallest absolute Gasteiger partial charge is 0.306 e. The molecule has 0 bridgehead atoms. The van der Waals surface area contributed by atoms with Gasteiger partial charge in [-0.25, -0.2) is 0 Å². The number of unbranched alkanes of at least 4 members (excludes halogenated alkanes) is 11. The van der Waals surface area contributed by atoms with Crippen molar-refractivity contribution < 1.29 is 57.2 Å². The molecule has 0 aromatic rings. The van der Waals surface area contributed by atoms with Crippen LogP contribution in [-0.2, 0) is 57.2 Å². The zero-order chi connectivity index (χ0) is 54.4. The molecule has 0 amide bonds. The molecule has 0 aliphatic rings. The van der Waals surface area contributed by atoms with Crippen molar-refractivity contribution in [2.75, 3.05) is 91.4 Å². The lowest BCUT2D eigenvalue weighted by atomic mass is 9.88. The Labute approximate surface area is 467 Å². The number of carbonyl (C=O) groups excluding carboxylic acids is 6. The van der Waals surface area contributed by atoms with Crippen LogP contribution in [0.3, 0.4) is 0 Å². The molecule has 424 valence electrons. The number of carbonyl (C=O) groups is 6. The van der Waals surface area contributed by atoms with Gasteiger partial charge in [-0.15, -0.1) is 6.58 Å². The van der Waals surface area contributed by atoms with Gasteiger partial charge in [0.05, 0.1) is 49.4 Å². The molecular weight excluding hydrogens is 1030 g/mol. The first kappa shape index (κ1) is 74.9. The van der Waals surface area contributed by atoms with Gasteiger partial charge in [0.15, 0.2) is 0 Å². The summed E-state index contributed by atoms with van der Waals surface area (Å²) in [6.07, 6.45) is 23.0. The van der Waals surface area contributed by atoms with E-state index in [9.17, 15) is 28.8 Å². The summed E-state index contributed by atoms with van der Waals surface area (Å²) in [4.78, 5) is 72.2. The molecule has 0 fully saturated rings. The maximum Gasteiger partial charge on any atom is 0.306 e. The number of thioether (sulfide) groups is 3. The largest absolute Gasteiger partial charge is 0.465 e. The summed E-state index contributed by atoms with van der Waals surface area (Å²) in [5.74, 6) is 4.57. The molecule has 0 aromatic heterocycles. The SMILES string of the molecule is C=CCCCC.CCC(COC(=O)CCS)(COC(=O)CCS)COC(=O)CCS.CCCCCCSCCC(=O)OCC(CC)(COC(=O)CCSCCCCCC)COC(=O)CCSCCCCCC. The maximum absolute atomic E-state index is 12.5. The highest BCUT2D eigenvalue weighted by Gasteiger charge is 2.35. The van der Waals surface area contributed by atoms with Crippen LogP contribution in [0, 0.1) is 10.8 Å². The van der Waals surface area contributed by atoms with E-state index in [0.29, 0.717) is 49.4 Å². The van der Waals surface area contributed by atoms with Gasteiger partial charge in [0.1, 0.15) is 39.6 Å². The summed E-state index contributed by atoms with van der Waals surface area (Å²) < 4.78 is 32.6. The molecule has 0 spiro atoms. The molecule has 0 atom stereocenters. The first-order chi connectivity index (χ1) is 34.8. The van der Waals surface area contributed by atoms with Crippen molar-refractivity contribution in [2.24, 2.45) is 10.8 Å². The molecule has 0 rings (SSSR count). The highest BCUT2D eigenvalue weighted by Crippen LogP contribution is 2.27. The van der Waals surface area contributed by atoms with Gasteiger partial charge in [0, 0.05) is 34.5 Å². The number of ether oxygens (including phenoxy) is 6. The van der Waals surface area contributed by atoms with Gasteiger partial charge in [-0.3, -0.25) is 28.8 Å². The fourth-order valence-electron chi connectivity index (χ4n) is 5.98. The van der Waals surface area contributed by atoms with E-state index in [1.54, 1.807) is 35.3 Å². The summed E-state index contributed by atoms with van der Waals surface area (Å²) in [6.45, 7) is 16.4. The summed E-state index contributed by atoms with van der Waals surface area (Å²) in [5.41, 5.74) is -1.51. The summed E-state index contributed by atoms with van der Waals surface area (Å²) in [6, 6.07) is 0. The van der Waals surface area contributed by atoms with Crippen LogP contribution in [0.2, 0.25) is 0 Å². The lowest BCUT2D eigenvalue weighted by Gasteiger charge is -2.31. The van der Waals surface area contributed by atoms with Crippen LogP contribution in [0.15, 0.2) is 12.7 Å². The average molecular weight is 1130 g/mol. The lowest BCUT2D eigenvalue weighted by molar-refractivity contribution is -0.164. The molecule has 12 nitrogen and oxygen atoms in total. The maximum atomic E-state index is 12.5. The Morgan fingerprint density at radius 2 is 0.625 bits per heavy atom. The van der Waals surface area contributed by atoms with Crippen molar-refractivity contribution in [3.05, 3.63) is 12.7 Å². The average Bonchev–Trinajstić information content (AvgIpc) is 3.37. The fourth-order valence-corrected chi connectivity index (χ4v) is 9.30. The molecule has 18 heteroatoms. The van der Waals surface area contributed by atoms with E-state index < -0.39 is 28.7 Å². The van der Waals surface area contributed by atoms with E-state index in [-0.39, 0.29) is 76.8 Å². The Bertz CT molecular complexity index is 1200. The Morgan fingerprint density at radius 1 is 0.375 bits per heavy atom. The van der Waals surface area contributed by atoms with Crippen LogP contribution in [0.5, 0.6) is 0 Å². The van der Waals surface area contributed by atoms with E-state index in [4.69, 9.17) is 28.4 Å². The van der Waals surface area contributed by atoms with Crippen molar-refractivity contribution >= 4 is 109 Å². The number of esters is 6. The van der Waals surface area contributed by atoms with Crippen LogP contribution in [-0.4, -0.2) is 127 Å². The minimum absolute atomic E-state index is 0.00157. The van der Waals surface area contributed by atoms with Crippen LogP contribution in [0.25, 0.3) is 0 Å². The number of rotatable bonds is 47. The minimum atomic E-state index is -0.773. The van der Waals surface area contributed by atoms with Crippen molar-refractivity contribution in [3.8, 4) is 0 Å². The topological polar surface area (TPSA) is 158 Å². The Hall–Kier alpha value is -1.34. The monoisotopic (exact) mass is 1130 g/mol. The molecule has 0 aliphatic heterocycles. The Morgan fingerprint density at radius 3 is 0.819 bits per heavy atom. The van der Waals surface area contributed by atoms with Crippen molar-refractivity contribution in [1.82, 2.24) is 0 Å². The molecule has 0 saturated heterocycles. The quantitative estimate of drug-likeness (QED) is 0.0174. The summed E-state index contributed by atoms with van der Waals surface area (Å²) in [7, 11) is 0. The Kier molecular flexibility index (Phi) is 58.1. The lowest BCUT2D eigenvalue weighted by Crippen LogP contribution is -2.39. The van der Waals surface area contributed by atoms with E-state index in [2.05, 4.69) is 72.2 Å². The number of hydrogen-bond donors (Lipinski definition) is 3. The molecule has 0 unspecified atom stereocenters. The van der Waals surface area contributed by atoms with Crippen molar-refractivity contribution in [1.29, 1.82) is 0 Å². The fraction of sp³-hybridized carbons (Fsp3) is 0.852. The van der Waals surface area contributed by atoms with Gasteiger partial charge in [-0.1, -0.05) is 118 Å². The third kappa shape index (κ3) is 49.5. The molecule has 0 heterocycles. The van der Waals surface area contributed by atoms with Crippen LogP contribution in [0.1, 0.15) is 189 Å². The van der Waals surface area contributed by atoms with Crippen LogP contribution in [0.4, 0.5) is 0 Å². The van der Waals surface area contributed by atoms with Gasteiger partial charge in [-0.2, -0.15) is 73.2 Å². The van der Waals surface area contributed by atoms with Gasteiger partial charge in [0.2, 0.25) is 0 Å². The van der Waals surface area contributed by atoms with E-state index in [1.807, 2.05) is 19.9 Å². The number of allylic oxidation sites excluding steroid dienone is 1. The van der Waals surface area contributed by atoms with Gasteiger partial charge in [-0.05, 0) is 55.8 Å². The number of hydrogen-bond acceptors (Lipinski definition) is 18. The van der Waals surface area contributed by atoms with E-state index >= 15 is 0 Å². The summed E-state index contributed by atoms with van der Waals surface area (Å²) in [5, 5.41) is 0. The molecule has 0 aliphatic carbocycles. The second-order valence-electron chi connectivity index (χ2n) is 17.8. The third-order valence-electron chi connectivity index (χ3n) is 11.2. The first-order valence-corrected chi connectivity index (χ1v) is 32.2. The molecule has 0 saturated carbocycles. The first-order valence-electron chi connectivity index (χ1n) is 26.9. The van der Waals surface area contributed by atoms with Crippen molar-refractivity contribution in [2.45, 2.75) is 189 Å². The van der Waals surface area contributed by atoms with Crippen LogP contribution < -0.4 is 0 Å². The summed E-state index contributed by atoms with van der Waals surface area (Å²) >= 11 is 17.3. The Balaban J connectivity index is -0.00000133. The molecule has 0 radical (unpaired) electrons. The highest BCUT2D eigenvalue weighted by molar-refractivity contribution is 7.99. The predicted octanol–water partition coefficient (Wildman–Crippen LogP) is 13.5. The van der Waals surface area contributed by atoms with Gasteiger partial charge >= 0.3 is 35.8 Å². The zero-order valence-corrected chi connectivity index (χ0v) is 50.8. The molecule has 0 N–H and O–H groups in total. The minimum Gasteiger partial charge on any atom is -0.465 e. The van der Waals surface area contributed by atoms with E-state index in [0.717, 1.165) is 34.5 Å². The standard InChI is InChI=1S/C33H62O6S3.C15H26O6S3.C6H12/c1-5-9-12-15-21-40-24-18-30(34)37-27-33(8-4,28-38-31(35)19-25-41-22-16-13-10-6-2)29-39-32(36)20-26-42-23-17-14-11-7-3;1-2-15(9-19-12(16)3-6-22,10-20-13(17)4-7-23)11-21-14(18)5-8-24;1-3-5-6-4-2/h5-29H2,1-4H3;22-24H,2-11H2,1H3;3H,1,4-6H2,2H3. The highest BCUT2D eigenvalue weighted by atomic mass is 32.2. The molecule has 0 aromatic carbocycles. The second-order valence-corrected chi connectivity index (χ2v) is 22.8. The second kappa shape index (κ2) is 55.9. The normalized spacial score (nSPS) is 11.0. The molecular formula is C54H100O12S6. The third-order valence-corrected chi connectivity index (χ3v) is 15.1. The van der Waals surface area contributed by atoms with Crippen LogP contribution >= 0.6 is 73.2 Å². The van der Waals surface area contributed by atoms with Gasteiger partial charge in [0.25, 0.3) is 0 Å². The molecule has 72 heavy (non-hydrogen) atoms. The van der Waals surface area contributed by atoms with E-state index in [1.165, 1.54) is 96.3 Å².